The summed E-state index contributed by atoms with van der Waals surface area (Å²) in [5.41, 5.74) is 0. The highest BCUT2D eigenvalue weighted by Gasteiger charge is 2.01. The molecule has 0 saturated heterocycles. The Kier molecular flexibility index (Phi) is 8.88. The van der Waals surface area contributed by atoms with Crippen molar-refractivity contribution in [2.24, 2.45) is 0 Å². The molecule has 0 bridgehead atoms. The summed E-state index contributed by atoms with van der Waals surface area (Å²) >= 11 is 3.31. The Labute approximate surface area is 78.3 Å². The molecular weight excluding hydrogens is 204 g/mol. The first-order valence-electron chi connectivity index (χ1n) is 4.55. The van der Waals surface area contributed by atoms with Gasteiger partial charge < -0.3 is 5.11 Å². The van der Waals surface area contributed by atoms with E-state index in [4.69, 9.17) is 0 Å². The fourth-order valence-electron chi connectivity index (χ4n) is 1.08. The van der Waals surface area contributed by atoms with Crippen molar-refractivity contribution in [3.05, 3.63) is 0 Å². The van der Waals surface area contributed by atoms with Crippen LogP contribution >= 0.6 is 15.9 Å². The highest BCUT2D eigenvalue weighted by atomic mass is 79.9. The zero-order valence-corrected chi connectivity index (χ0v) is 8.94. The first-order valence-corrected chi connectivity index (χ1v) is 5.67. The maximum absolute atomic E-state index is 9.32. The van der Waals surface area contributed by atoms with Gasteiger partial charge in [0, 0.05) is 5.33 Å². The standard InChI is InChI=1S/C9H19BrO/c1-2-3-4-5-6-9(11)7-8-10/h9,11H,2-8H2,1H3. The van der Waals surface area contributed by atoms with Gasteiger partial charge in [-0.25, -0.2) is 0 Å². The largest absolute Gasteiger partial charge is 0.393 e. The SMILES string of the molecule is CCCCCCC(O)CCBr. The topological polar surface area (TPSA) is 20.2 Å². The Morgan fingerprint density at radius 2 is 1.91 bits per heavy atom. The number of hydrogen-bond donors (Lipinski definition) is 1. The second-order valence-corrected chi connectivity index (χ2v) is 3.77. The highest BCUT2D eigenvalue weighted by Crippen LogP contribution is 2.08. The lowest BCUT2D eigenvalue weighted by molar-refractivity contribution is 0.158. The van der Waals surface area contributed by atoms with Gasteiger partial charge in [-0.15, -0.1) is 0 Å². The maximum Gasteiger partial charge on any atom is 0.0548 e. The van der Waals surface area contributed by atoms with Crippen LogP contribution in [0.1, 0.15) is 45.4 Å². The summed E-state index contributed by atoms with van der Waals surface area (Å²) < 4.78 is 0. The van der Waals surface area contributed by atoms with Crippen LogP contribution < -0.4 is 0 Å². The van der Waals surface area contributed by atoms with Crippen LogP contribution in [0.3, 0.4) is 0 Å². The van der Waals surface area contributed by atoms with Gasteiger partial charge in [0.05, 0.1) is 6.10 Å². The molecule has 0 saturated carbocycles. The molecule has 0 aromatic carbocycles. The molecule has 0 aliphatic heterocycles. The van der Waals surface area contributed by atoms with Gasteiger partial charge in [0.25, 0.3) is 0 Å². The molecule has 0 heterocycles. The third-order valence-electron chi connectivity index (χ3n) is 1.83. The van der Waals surface area contributed by atoms with Crippen molar-refractivity contribution in [1.82, 2.24) is 0 Å². The summed E-state index contributed by atoms with van der Waals surface area (Å²) in [7, 11) is 0. The van der Waals surface area contributed by atoms with E-state index in [0.29, 0.717) is 0 Å². The van der Waals surface area contributed by atoms with Gasteiger partial charge in [-0.3, -0.25) is 0 Å². The second-order valence-electron chi connectivity index (χ2n) is 2.98. The van der Waals surface area contributed by atoms with Crippen LogP contribution in [-0.4, -0.2) is 16.5 Å². The quantitative estimate of drug-likeness (QED) is 0.519. The maximum atomic E-state index is 9.32. The lowest BCUT2D eigenvalue weighted by Crippen LogP contribution is -2.06. The molecule has 0 radical (unpaired) electrons. The van der Waals surface area contributed by atoms with Crippen molar-refractivity contribution in [3.63, 3.8) is 0 Å². The molecule has 0 rings (SSSR count). The number of aliphatic hydroxyl groups is 1. The molecule has 0 amide bonds. The third-order valence-corrected chi connectivity index (χ3v) is 2.29. The number of hydrogen-bond acceptors (Lipinski definition) is 1. The molecule has 0 fully saturated rings. The molecule has 1 nitrogen and oxygen atoms in total. The summed E-state index contributed by atoms with van der Waals surface area (Å²) in [5.74, 6) is 0. The van der Waals surface area contributed by atoms with Crippen LogP contribution in [0.15, 0.2) is 0 Å². The average molecular weight is 223 g/mol. The van der Waals surface area contributed by atoms with E-state index in [0.717, 1.165) is 18.2 Å². The van der Waals surface area contributed by atoms with Gasteiger partial charge in [0.1, 0.15) is 0 Å². The molecule has 0 aromatic heterocycles. The Morgan fingerprint density at radius 1 is 1.18 bits per heavy atom. The fourth-order valence-corrected chi connectivity index (χ4v) is 1.61. The van der Waals surface area contributed by atoms with E-state index in [2.05, 4.69) is 22.9 Å². The number of halogens is 1. The van der Waals surface area contributed by atoms with Gasteiger partial charge in [-0.1, -0.05) is 48.5 Å². The molecule has 1 atom stereocenters. The lowest BCUT2D eigenvalue weighted by Gasteiger charge is -2.07. The van der Waals surface area contributed by atoms with Gasteiger partial charge in [0.2, 0.25) is 0 Å². The molecule has 0 aromatic rings. The number of aliphatic hydroxyl groups excluding tert-OH is 1. The Balaban J connectivity index is 2.97. The Hall–Kier alpha value is 0.440. The van der Waals surface area contributed by atoms with Crippen LogP contribution in [0, 0.1) is 0 Å². The third kappa shape index (κ3) is 8.35. The van der Waals surface area contributed by atoms with Gasteiger partial charge in [0.15, 0.2) is 0 Å². The molecule has 0 aliphatic rings. The van der Waals surface area contributed by atoms with E-state index in [1.807, 2.05) is 0 Å². The van der Waals surface area contributed by atoms with Crippen molar-refractivity contribution in [3.8, 4) is 0 Å². The monoisotopic (exact) mass is 222 g/mol. The molecule has 1 unspecified atom stereocenters. The molecule has 68 valence electrons. The second kappa shape index (κ2) is 8.54. The fraction of sp³-hybridized carbons (Fsp3) is 1.00. The van der Waals surface area contributed by atoms with E-state index in [-0.39, 0.29) is 6.10 Å². The van der Waals surface area contributed by atoms with Gasteiger partial charge in [-0.05, 0) is 12.8 Å². The minimum atomic E-state index is -0.0776. The van der Waals surface area contributed by atoms with E-state index in [9.17, 15) is 5.11 Å². The minimum absolute atomic E-state index is 0.0776. The minimum Gasteiger partial charge on any atom is -0.393 e. The predicted molar refractivity (Wildman–Crippen MR) is 53.2 cm³/mol. The summed E-state index contributed by atoms with van der Waals surface area (Å²) in [4.78, 5) is 0. The van der Waals surface area contributed by atoms with Crippen molar-refractivity contribution in [2.45, 2.75) is 51.6 Å². The predicted octanol–water partition coefficient (Wildman–Crippen LogP) is 3.10. The van der Waals surface area contributed by atoms with Gasteiger partial charge >= 0.3 is 0 Å². The number of alkyl halides is 1. The van der Waals surface area contributed by atoms with Gasteiger partial charge in [-0.2, -0.15) is 0 Å². The number of rotatable bonds is 7. The zero-order chi connectivity index (χ0) is 8.53. The van der Waals surface area contributed by atoms with E-state index in [1.165, 1.54) is 25.7 Å². The molecule has 0 spiro atoms. The van der Waals surface area contributed by atoms with Crippen molar-refractivity contribution in [2.75, 3.05) is 5.33 Å². The highest BCUT2D eigenvalue weighted by molar-refractivity contribution is 9.09. The van der Waals surface area contributed by atoms with Crippen LogP contribution in [0.5, 0.6) is 0 Å². The van der Waals surface area contributed by atoms with Crippen molar-refractivity contribution in [1.29, 1.82) is 0 Å². The average Bonchev–Trinajstić information content (AvgIpc) is 1.99. The van der Waals surface area contributed by atoms with Crippen molar-refractivity contribution >= 4 is 15.9 Å². The zero-order valence-electron chi connectivity index (χ0n) is 7.35. The normalized spacial score (nSPS) is 13.4. The van der Waals surface area contributed by atoms with Crippen LogP contribution in [0.4, 0.5) is 0 Å². The summed E-state index contributed by atoms with van der Waals surface area (Å²) in [6.07, 6.45) is 6.83. The molecule has 1 N–H and O–H groups in total. The van der Waals surface area contributed by atoms with Crippen LogP contribution in [0.25, 0.3) is 0 Å². The molecule has 11 heavy (non-hydrogen) atoms. The van der Waals surface area contributed by atoms with Crippen LogP contribution in [-0.2, 0) is 0 Å². The smallest absolute Gasteiger partial charge is 0.0548 e. The molecule has 0 aliphatic carbocycles. The summed E-state index contributed by atoms with van der Waals surface area (Å²) in [6, 6.07) is 0. The van der Waals surface area contributed by atoms with E-state index >= 15 is 0 Å². The Bertz CT molecular complexity index is 76.0. The molecule has 2 heteroatoms. The summed E-state index contributed by atoms with van der Waals surface area (Å²) in [6.45, 7) is 2.20. The van der Waals surface area contributed by atoms with Crippen molar-refractivity contribution < 1.29 is 5.11 Å². The van der Waals surface area contributed by atoms with Crippen LogP contribution in [0.2, 0.25) is 0 Å². The first-order chi connectivity index (χ1) is 5.31. The van der Waals surface area contributed by atoms with E-state index in [1.54, 1.807) is 0 Å². The molecular formula is C9H19BrO. The number of unbranched alkanes of at least 4 members (excludes halogenated alkanes) is 3. The Morgan fingerprint density at radius 3 is 2.45 bits per heavy atom. The van der Waals surface area contributed by atoms with E-state index < -0.39 is 0 Å². The first kappa shape index (κ1) is 11.4. The summed E-state index contributed by atoms with van der Waals surface area (Å²) in [5, 5.41) is 10.2. The lowest BCUT2D eigenvalue weighted by atomic mass is 10.1.